The van der Waals surface area contributed by atoms with E-state index in [0.29, 0.717) is 35.2 Å². The number of ether oxygens (including phenoxy) is 3. The van der Waals surface area contributed by atoms with Gasteiger partial charge in [-0.25, -0.2) is 0 Å². The van der Waals surface area contributed by atoms with E-state index in [2.05, 4.69) is 5.16 Å². The van der Waals surface area contributed by atoms with Gasteiger partial charge in [0.25, 0.3) is 16.0 Å². The summed E-state index contributed by atoms with van der Waals surface area (Å²) in [7, 11) is -0.436. The largest absolute Gasteiger partial charge is 0.382 e. The highest BCUT2D eigenvalue weighted by Gasteiger charge is 2.28. The lowest BCUT2D eigenvalue weighted by atomic mass is 9.97. The van der Waals surface area contributed by atoms with Gasteiger partial charge in [0.2, 0.25) is 0 Å². The zero-order valence-corrected chi connectivity index (χ0v) is 23.5. The zero-order valence-electron chi connectivity index (χ0n) is 21.8. The van der Waals surface area contributed by atoms with Crippen LogP contribution >= 0.6 is 11.3 Å². The molecule has 0 aliphatic carbocycles. The molecule has 0 unspecified atom stereocenters. The van der Waals surface area contributed by atoms with Crippen molar-refractivity contribution in [3.05, 3.63) is 56.5 Å². The van der Waals surface area contributed by atoms with Gasteiger partial charge in [0.1, 0.15) is 17.4 Å². The van der Waals surface area contributed by atoms with Gasteiger partial charge in [-0.05, 0) is 43.5 Å². The van der Waals surface area contributed by atoms with Crippen molar-refractivity contribution in [2.24, 2.45) is 0 Å². The maximum Gasteiger partial charge on any atom is 0.272 e. The molecule has 1 aromatic carbocycles. The van der Waals surface area contributed by atoms with Crippen molar-refractivity contribution in [2.45, 2.75) is 34.0 Å². The Morgan fingerprint density at radius 2 is 1.81 bits per heavy atom. The molecule has 3 aromatic rings. The van der Waals surface area contributed by atoms with E-state index in [1.165, 1.54) is 16.2 Å². The van der Waals surface area contributed by atoms with Crippen molar-refractivity contribution in [3.63, 3.8) is 0 Å². The smallest absolute Gasteiger partial charge is 0.272 e. The van der Waals surface area contributed by atoms with Crippen LogP contribution in [0.2, 0.25) is 0 Å². The van der Waals surface area contributed by atoms with Gasteiger partial charge in [0.15, 0.2) is 5.82 Å². The molecule has 0 saturated heterocycles. The van der Waals surface area contributed by atoms with Crippen molar-refractivity contribution in [2.75, 3.05) is 45.3 Å². The van der Waals surface area contributed by atoms with Crippen LogP contribution in [-0.2, 0) is 41.7 Å². The Balaban J connectivity index is 2.02. The van der Waals surface area contributed by atoms with Crippen LogP contribution in [0.4, 0.5) is 5.82 Å². The number of aromatic nitrogens is 1. The predicted molar refractivity (Wildman–Crippen MR) is 140 cm³/mol. The number of methoxy groups -OCH3 is 2. The number of carbonyl (C=O) groups excluding carboxylic acids is 1. The first-order valence-corrected chi connectivity index (χ1v) is 14.1. The molecule has 2 heterocycles. The normalized spacial score (nSPS) is 11.7. The van der Waals surface area contributed by atoms with Gasteiger partial charge < -0.3 is 18.7 Å². The minimum absolute atomic E-state index is 0.0297. The molecule has 0 bridgehead atoms. The standard InChI is InChI=1S/C25H32N2O8S2/c1-16-11-22(21-8-7-19(12-20(21)14-32-5)13-34-37(6,29)30)23(36-16)25(28)27(15-33-10-9-31-4)24-17(2)18(3)35-26-24/h7-8,11-12H,9-10,13-15H2,1-6H3. The van der Waals surface area contributed by atoms with E-state index in [1.54, 1.807) is 27.2 Å². The average Bonchev–Trinajstić information content (AvgIpc) is 3.39. The first-order chi connectivity index (χ1) is 17.6. The number of carbonyl (C=O) groups is 1. The Kier molecular flexibility index (Phi) is 9.99. The lowest BCUT2D eigenvalue weighted by molar-refractivity contribution is 0.0646. The number of hydrogen-bond donors (Lipinski definition) is 0. The third kappa shape index (κ3) is 7.46. The summed E-state index contributed by atoms with van der Waals surface area (Å²) in [6, 6.07) is 7.39. The van der Waals surface area contributed by atoms with Crippen molar-refractivity contribution in [1.29, 1.82) is 0 Å². The van der Waals surface area contributed by atoms with Crippen molar-refractivity contribution >= 4 is 33.2 Å². The second-order valence-electron chi connectivity index (χ2n) is 8.44. The Morgan fingerprint density at radius 1 is 1.05 bits per heavy atom. The monoisotopic (exact) mass is 552 g/mol. The highest BCUT2D eigenvalue weighted by atomic mass is 32.2. The molecule has 0 atom stereocenters. The molecular weight excluding hydrogens is 520 g/mol. The molecule has 3 rings (SSSR count). The number of amides is 1. The molecule has 0 saturated carbocycles. The molecular formula is C25H32N2O8S2. The van der Waals surface area contributed by atoms with Crippen LogP contribution in [0.15, 0.2) is 28.8 Å². The molecule has 10 nitrogen and oxygen atoms in total. The fourth-order valence-corrected chi connectivity index (χ4v) is 4.94. The number of aryl methyl sites for hydroxylation is 2. The van der Waals surface area contributed by atoms with Gasteiger partial charge in [-0.2, -0.15) is 8.42 Å². The van der Waals surface area contributed by atoms with E-state index >= 15 is 0 Å². The third-order valence-electron chi connectivity index (χ3n) is 5.53. The molecule has 202 valence electrons. The molecule has 0 aliphatic rings. The first kappa shape index (κ1) is 29.0. The molecule has 0 N–H and O–H groups in total. The summed E-state index contributed by atoms with van der Waals surface area (Å²) in [6.07, 6.45) is 1.01. The number of hydrogen-bond acceptors (Lipinski definition) is 10. The molecule has 0 aliphatic heterocycles. The predicted octanol–water partition coefficient (Wildman–Crippen LogP) is 4.22. The topological polar surface area (TPSA) is 117 Å². The van der Waals surface area contributed by atoms with Crippen LogP contribution in [0.25, 0.3) is 11.1 Å². The summed E-state index contributed by atoms with van der Waals surface area (Å²) < 4.78 is 49.3. The number of thiophene rings is 1. The maximum atomic E-state index is 14.0. The number of benzene rings is 1. The van der Waals surface area contributed by atoms with E-state index < -0.39 is 10.1 Å². The van der Waals surface area contributed by atoms with Gasteiger partial charge in [-0.3, -0.25) is 13.9 Å². The Labute approximate surface area is 221 Å². The van der Waals surface area contributed by atoms with Crippen LogP contribution in [0, 0.1) is 20.8 Å². The summed E-state index contributed by atoms with van der Waals surface area (Å²) >= 11 is 1.37. The summed E-state index contributed by atoms with van der Waals surface area (Å²) in [5, 5.41) is 4.11. The van der Waals surface area contributed by atoms with Crippen molar-refractivity contribution in [1.82, 2.24) is 5.16 Å². The Bertz CT molecular complexity index is 1330. The van der Waals surface area contributed by atoms with Gasteiger partial charge in [0, 0.05) is 30.2 Å². The fraction of sp³-hybridized carbons (Fsp3) is 0.440. The molecule has 1 amide bonds. The average molecular weight is 553 g/mol. The van der Waals surface area contributed by atoms with Crippen LogP contribution < -0.4 is 4.90 Å². The van der Waals surface area contributed by atoms with Crippen molar-refractivity contribution < 1.29 is 36.1 Å². The van der Waals surface area contributed by atoms with E-state index in [-0.39, 0.29) is 25.9 Å². The van der Waals surface area contributed by atoms with Gasteiger partial charge >= 0.3 is 0 Å². The lowest BCUT2D eigenvalue weighted by Crippen LogP contribution is -2.34. The molecule has 0 spiro atoms. The summed E-state index contributed by atoms with van der Waals surface area (Å²) in [5.41, 5.74) is 3.73. The van der Waals surface area contributed by atoms with Crippen LogP contribution in [0.5, 0.6) is 0 Å². The Hall–Kier alpha value is -2.61. The molecule has 37 heavy (non-hydrogen) atoms. The number of nitrogens with zero attached hydrogens (tertiary/aromatic N) is 2. The van der Waals surface area contributed by atoms with Crippen LogP contribution in [0.3, 0.4) is 0 Å². The number of anilines is 1. The van der Waals surface area contributed by atoms with E-state index in [1.807, 2.05) is 32.0 Å². The molecule has 12 heteroatoms. The summed E-state index contributed by atoms with van der Waals surface area (Å²) in [6.45, 7) is 6.38. The van der Waals surface area contributed by atoms with E-state index in [0.717, 1.165) is 33.4 Å². The van der Waals surface area contributed by atoms with Gasteiger partial charge in [-0.1, -0.05) is 23.4 Å². The quantitative estimate of drug-likeness (QED) is 0.174. The third-order valence-corrected chi connectivity index (χ3v) is 7.12. The second-order valence-corrected chi connectivity index (χ2v) is 11.3. The highest BCUT2D eigenvalue weighted by Crippen LogP contribution is 2.36. The first-order valence-electron chi connectivity index (χ1n) is 11.4. The molecule has 0 radical (unpaired) electrons. The van der Waals surface area contributed by atoms with Crippen molar-refractivity contribution in [3.8, 4) is 11.1 Å². The Morgan fingerprint density at radius 3 is 2.43 bits per heavy atom. The molecule has 2 aromatic heterocycles. The van der Waals surface area contributed by atoms with Gasteiger partial charge in [0.05, 0.1) is 32.7 Å². The van der Waals surface area contributed by atoms with Crippen LogP contribution in [-0.4, -0.2) is 59.9 Å². The highest BCUT2D eigenvalue weighted by molar-refractivity contribution is 7.85. The van der Waals surface area contributed by atoms with Gasteiger partial charge in [-0.15, -0.1) is 11.3 Å². The zero-order chi connectivity index (χ0) is 27.2. The summed E-state index contributed by atoms with van der Waals surface area (Å²) in [5.74, 6) is 0.721. The van der Waals surface area contributed by atoms with E-state index in [9.17, 15) is 13.2 Å². The minimum Gasteiger partial charge on any atom is -0.382 e. The number of rotatable bonds is 13. The van der Waals surface area contributed by atoms with Crippen LogP contribution in [0.1, 0.15) is 37.0 Å². The van der Waals surface area contributed by atoms with E-state index in [4.69, 9.17) is 22.9 Å². The lowest BCUT2D eigenvalue weighted by Gasteiger charge is -2.21. The molecule has 0 fully saturated rings. The fourth-order valence-electron chi connectivity index (χ4n) is 3.62. The minimum atomic E-state index is -3.59. The summed E-state index contributed by atoms with van der Waals surface area (Å²) in [4.78, 5) is 16.9. The SMILES string of the molecule is COCCOCN(C(=O)c1sc(C)cc1-c1ccc(COS(C)(=O)=O)cc1COC)c1noc(C)c1C. The second kappa shape index (κ2) is 12.8. The maximum absolute atomic E-state index is 14.0.